The number of aliphatic hydroxyl groups is 1. The van der Waals surface area contributed by atoms with Crippen LogP contribution in [-0.4, -0.2) is 41.9 Å². The SMILES string of the molecule is CC[C@H](C)N(Cc1ccc(C)cc1)C[C@@H](O)COCC(C)C. The van der Waals surface area contributed by atoms with Crippen molar-refractivity contribution in [2.45, 2.75) is 59.7 Å². The van der Waals surface area contributed by atoms with Crippen molar-refractivity contribution < 1.29 is 9.84 Å². The van der Waals surface area contributed by atoms with Gasteiger partial charge in [0.15, 0.2) is 0 Å². The molecule has 0 unspecified atom stereocenters. The molecule has 126 valence electrons. The summed E-state index contributed by atoms with van der Waals surface area (Å²) in [5.41, 5.74) is 2.57. The van der Waals surface area contributed by atoms with Gasteiger partial charge >= 0.3 is 0 Å². The van der Waals surface area contributed by atoms with Crippen molar-refractivity contribution in [2.24, 2.45) is 5.92 Å². The highest BCUT2D eigenvalue weighted by molar-refractivity contribution is 5.21. The zero-order chi connectivity index (χ0) is 16.5. The van der Waals surface area contributed by atoms with Crippen LogP contribution in [0, 0.1) is 12.8 Å². The zero-order valence-electron chi connectivity index (χ0n) is 14.9. The van der Waals surface area contributed by atoms with Crippen LogP contribution in [0.1, 0.15) is 45.2 Å². The van der Waals surface area contributed by atoms with E-state index < -0.39 is 6.10 Å². The van der Waals surface area contributed by atoms with E-state index in [1.54, 1.807) is 0 Å². The monoisotopic (exact) mass is 307 g/mol. The van der Waals surface area contributed by atoms with Gasteiger partial charge < -0.3 is 9.84 Å². The van der Waals surface area contributed by atoms with E-state index >= 15 is 0 Å². The number of nitrogens with zero attached hydrogens (tertiary/aromatic N) is 1. The van der Waals surface area contributed by atoms with Gasteiger partial charge in [0.1, 0.15) is 0 Å². The first-order valence-electron chi connectivity index (χ1n) is 8.47. The van der Waals surface area contributed by atoms with Crippen molar-refractivity contribution >= 4 is 0 Å². The minimum atomic E-state index is -0.432. The molecule has 3 nitrogen and oxygen atoms in total. The molecule has 0 aromatic heterocycles. The molecule has 3 heteroatoms. The van der Waals surface area contributed by atoms with Crippen LogP contribution in [0.15, 0.2) is 24.3 Å². The van der Waals surface area contributed by atoms with Gasteiger partial charge in [0, 0.05) is 25.7 Å². The Morgan fingerprint density at radius 1 is 1.09 bits per heavy atom. The third kappa shape index (κ3) is 7.39. The Hall–Kier alpha value is -0.900. The first-order chi connectivity index (χ1) is 10.4. The smallest absolute Gasteiger partial charge is 0.0900 e. The van der Waals surface area contributed by atoms with E-state index in [0.29, 0.717) is 31.7 Å². The Morgan fingerprint density at radius 3 is 2.27 bits per heavy atom. The molecule has 0 radical (unpaired) electrons. The third-order valence-corrected chi connectivity index (χ3v) is 3.93. The molecule has 0 heterocycles. The molecule has 0 fully saturated rings. The largest absolute Gasteiger partial charge is 0.389 e. The quantitative estimate of drug-likeness (QED) is 0.716. The molecule has 0 amide bonds. The lowest BCUT2D eigenvalue weighted by molar-refractivity contribution is 0.000122. The number of rotatable bonds is 10. The molecule has 2 atom stereocenters. The summed E-state index contributed by atoms with van der Waals surface area (Å²) in [6.07, 6.45) is 0.643. The van der Waals surface area contributed by atoms with E-state index in [4.69, 9.17) is 4.74 Å². The second-order valence-corrected chi connectivity index (χ2v) is 6.76. The van der Waals surface area contributed by atoms with Crippen LogP contribution < -0.4 is 0 Å². The molecule has 0 bridgehead atoms. The van der Waals surface area contributed by atoms with Gasteiger partial charge in [-0.1, -0.05) is 50.6 Å². The van der Waals surface area contributed by atoms with Gasteiger partial charge in [0.25, 0.3) is 0 Å². The molecule has 1 aromatic rings. The van der Waals surface area contributed by atoms with Crippen molar-refractivity contribution in [2.75, 3.05) is 19.8 Å². The lowest BCUT2D eigenvalue weighted by atomic mass is 10.1. The fraction of sp³-hybridized carbons (Fsp3) is 0.684. The molecule has 0 saturated carbocycles. The predicted molar refractivity (Wildman–Crippen MR) is 93.0 cm³/mol. The molecule has 1 rings (SSSR count). The van der Waals surface area contributed by atoms with E-state index in [0.717, 1.165) is 13.0 Å². The van der Waals surface area contributed by atoms with Crippen molar-refractivity contribution in [3.05, 3.63) is 35.4 Å². The topological polar surface area (TPSA) is 32.7 Å². The Kier molecular flexibility index (Phi) is 8.69. The maximum absolute atomic E-state index is 10.2. The average Bonchev–Trinajstić information content (AvgIpc) is 2.47. The molecule has 1 aromatic carbocycles. The van der Waals surface area contributed by atoms with Gasteiger partial charge in [-0.25, -0.2) is 0 Å². The van der Waals surface area contributed by atoms with Gasteiger partial charge in [-0.3, -0.25) is 4.90 Å². The van der Waals surface area contributed by atoms with Crippen LogP contribution in [0.5, 0.6) is 0 Å². The molecule has 0 aliphatic heterocycles. The lowest BCUT2D eigenvalue weighted by Crippen LogP contribution is -2.40. The molecular formula is C19H33NO2. The minimum Gasteiger partial charge on any atom is -0.389 e. The molecule has 0 aliphatic carbocycles. The van der Waals surface area contributed by atoms with Crippen molar-refractivity contribution in [1.29, 1.82) is 0 Å². The molecule has 0 aliphatic rings. The van der Waals surface area contributed by atoms with Crippen LogP contribution in [-0.2, 0) is 11.3 Å². The number of aliphatic hydroxyl groups excluding tert-OH is 1. The van der Waals surface area contributed by atoms with Crippen LogP contribution in [0.2, 0.25) is 0 Å². The van der Waals surface area contributed by atoms with Gasteiger partial charge in [0.05, 0.1) is 12.7 Å². The van der Waals surface area contributed by atoms with Crippen LogP contribution in [0.3, 0.4) is 0 Å². The summed E-state index contributed by atoms with van der Waals surface area (Å²) in [6, 6.07) is 9.08. The van der Waals surface area contributed by atoms with Crippen molar-refractivity contribution in [3.8, 4) is 0 Å². The maximum atomic E-state index is 10.2. The standard InChI is InChI=1S/C19H33NO2/c1-6-17(5)20(11-18-9-7-16(4)8-10-18)12-19(21)14-22-13-15(2)3/h7-10,15,17,19,21H,6,11-14H2,1-5H3/t17-,19+/m0/s1. The fourth-order valence-corrected chi connectivity index (χ4v) is 2.35. The van der Waals surface area contributed by atoms with Crippen LogP contribution in [0.25, 0.3) is 0 Å². The summed E-state index contributed by atoms with van der Waals surface area (Å²) >= 11 is 0. The van der Waals surface area contributed by atoms with Gasteiger partial charge in [-0.2, -0.15) is 0 Å². The summed E-state index contributed by atoms with van der Waals surface area (Å²) < 4.78 is 5.56. The maximum Gasteiger partial charge on any atom is 0.0900 e. The highest BCUT2D eigenvalue weighted by Crippen LogP contribution is 2.12. The highest BCUT2D eigenvalue weighted by atomic mass is 16.5. The number of aryl methyl sites for hydroxylation is 1. The van der Waals surface area contributed by atoms with Gasteiger partial charge in [-0.15, -0.1) is 0 Å². The molecule has 22 heavy (non-hydrogen) atoms. The summed E-state index contributed by atoms with van der Waals surface area (Å²) in [6.45, 7) is 13.4. The van der Waals surface area contributed by atoms with E-state index in [1.807, 2.05) is 0 Å². The van der Waals surface area contributed by atoms with Gasteiger partial charge in [-0.05, 0) is 31.7 Å². The number of hydrogen-bond donors (Lipinski definition) is 1. The Morgan fingerprint density at radius 2 is 1.73 bits per heavy atom. The first kappa shape index (κ1) is 19.1. The minimum absolute atomic E-state index is 0.416. The second kappa shape index (κ2) is 9.98. The summed E-state index contributed by atoms with van der Waals surface area (Å²) in [5.74, 6) is 0.505. The molecule has 0 saturated heterocycles. The normalized spacial score (nSPS) is 14.5. The summed E-state index contributed by atoms with van der Waals surface area (Å²) in [5, 5.41) is 10.2. The molecular weight excluding hydrogens is 274 g/mol. The van der Waals surface area contributed by atoms with Crippen molar-refractivity contribution in [3.63, 3.8) is 0 Å². The van der Waals surface area contributed by atoms with Crippen LogP contribution >= 0.6 is 0 Å². The average molecular weight is 307 g/mol. The Labute approximate surface area is 136 Å². The third-order valence-electron chi connectivity index (χ3n) is 3.93. The van der Waals surface area contributed by atoms with E-state index in [2.05, 4.69) is 63.8 Å². The van der Waals surface area contributed by atoms with Gasteiger partial charge in [0.2, 0.25) is 0 Å². The number of hydrogen-bond acceptors (Lipinski definition) is 3. The second-order valence-electron chi connectivity index (χ2n) is 6.76. The number of benzene rings is 1. The molecule has 0 spiro atoms. The zero-order valence-corrected chi connectivity index (χ0v) is 14.9. The summed E-state index contributed by atoms with van der Waals surface area (Å²) in [4.78, 5) is 2.34. The van der Waals surface area contributed by atoms with E-state index in [1.165, 1.54) is 11.1 Å². The fourth-order valence-electron chi connectivity index (χ4n) is 2.35. The Balaban J connectivity index is 2.54. The number of ether oxygens (including phenoxy) is 1. The highest BCUT2D eigenvalue weighted by Gasteiger charge is 2.17. The van der Waals surface area contributed by atoms with E-state index in [9.17, 15) is 5.11 Å². The summed E-state index contributed by atoms with van der Waals surface area (Å²) in [7, 11) is 0. The van der Waals surface area contributed by atoms with E-state index in [-0.39, 0.29) is 0 Å². The Bertz CT molecular complexity index is 402. The molecule has 1 N–H and O–H groups in total. The van der Waals surface area contributed by atoms with Crippen LogP contribution in [0.4, 0.5) is 0 Å². The lowest BCUT2D eigenvalue weighted by Gasteiger charge is -2.30. The van der Waals surface area contributed by atoms with Crippen molar-refractivity contribution in [1.82, 2.24) is 4.90 Å². The predicted octanol–water partition coefficient (Wildman–Crippen LogP) is 3.63. The first-order valence-corrected chi connectivity index (χ1v) is 8.47.